The van der Waals surface area contributed by atoms with Crippen LogP contribution in [0.25, 0.3) is 5.57 Å². The number of hydrogen-bond acceptors (Lipinski definition) is 2. The zero-order valence-corrected chi connectivity index (χ0v) is 15.7. The van der Waals surface area contributed by atoms with Gasteiger partial charge >= 0.3 is 12.1 Å². The number of hydrogen-bond donors (Lipinski definition) is 0. The second-order valence-corrected chi connectivity index (χ2v) is 6.46. The summed E-state index contributed by atoms with van der Waals surface area (Å²) in [5, 5.41) is 0. The Morgan fingerprint density at radius 3 is 1.69 bits per heavy atom. The first-order valence-corrected chi connectivity index (χ1v) is 9.02. The molecule has 0 bridgehead atoms. The average Bonchev–Trinajstić information content (AvgIpc) is 2.74. The van der Waals surface area contributed by atoms with Gasteiger partial charge in [0.1, 0.15) is 0 Å². The molecule has 29 heavy (non-hydrogen) atoms. The van der Waals surface area contributed by atoms with Crippen molar-refractivity contribution in [3.63, 3.8) is 0 Å². The predicted octanol–water partition coefficient (Wildman–Crippen LogP) is 6.62. The lowest BCUT2D eigenvalue weighted by Crippen LogP contribution is -2.24. The SMILES string of the molecule is C/C(=C(/C(OC(=O)c1ccccc1)c1ccccc1)C(F)(F)F)c1ccccc1. The third-order valence-electron chi connectivity index (χ3n) is 4.52. The number of rotatable bonds is 5. The minimum Gasteiger partial charge on any atom is -0.449 e. The Morgan fingerprint density at radius 1 is 0.759 bits per heavy atom. The number of ether oxygens (including phenoxy) is 1. The van der Waals surface area contributed by atoms with Crippen molar-refractivity contribution in [2.75, 3.05) is 0 Å². The third kappa shape index (κ3) is 4.93. The number of benzene rings is 3. The van der Waals surface area contributed by atoms with Gasteiger partial charge in [0.15, 0.2) is 6.10 Å². The van der Waals surface area contributed by atoms with Gasteiger partial charge in [-0.3, -0.25) is 0 Å². The summed E-state index contributed by atoms with van der Waals surface area (Å²) in [7, 11) is 0. The highest BCUT2D eigenvalue weighted by atomic mass is 19.4. The minimum atomic E-state index is -4.70. The number of esters is 1. The smallest absolute Gasteiger partial charge is 0.416 e. The normalized spacial score (nSPS) is 13.4. The van der Waals surface area contributed by atoms with E-state index in [-0.39, 0.29) is 16.7 Å². The van der Waals surface area contributed by atoms with Crippen LogP contribution in [0.15, 0.2) is 96.6 Å². The van der Waals surface area contributed by atoms with Crippen LogP contribution in [0, 0.1) is 0 Å². The average molecular weight is 396 g/mol. The van der Waals surface area contributed by atoms with Crippen molar-refractivity contribution in [2.45, 2.75) is 19.2 Å². The molecule has 0 heterocycles. The molecule has 3 aromatic rings. The van der Waals surface area contributed by atoms with Crippen molar-refractivity contribution in [1.82, 2.24) is 0 Å². The van der Waals surface area contributed by atoms with Gasteiger partial charge in [-0.05, 0) is 35.8 Å². The van der Waals surface area contributed by atoms with Crippen LogP contribution >= 0.6 is 0 Å². The molecule has 5 heteroatoms. The van der Waals surface area contributed by atoms with Gasteiger partial charge in [-0.15, -0.1) is 0 Å². The summed E-state index contributed by atoms with van der Waals surface area (Å²) in [5.41, 5.74) is -0.0461. The molecule has 0 spiro atoms. The van der Waals surface area contributed by atoms with E-state index in [0.717, 1.165) is 0 Å². The maximum Gasteiger partial charge on any atom is 0.416 e. The molecule has 2 nitrogen and oxygen atoms in total. The first-order valence-electron chi connectivity index (χ1n) is 9.02. The first kappa shape index (κ1) is 20.4. The van der Waals surface area contributed by atoms with Crippen molar-refractivity contribution in [2.24, 2.45) is 0 Å². The van der Waals surface area contributed by atoms with Gasteiger partial charge in [-0.1, -0.05) is 78.9 Å². The van der Waals surface area contributed by atoms with Gasteiger partial charge in [0, 0.05) is 0 Å². The topological polar surface area (TPSA) is 26.3 Å². The number of alkyl halides is 3. The van der Waals surface area contributed by atoms with Crippen molar-refractivity contribution >= 4 is 11.5 Å². The third-order valence-corrected chi connectivity index (χ3v) is 4.52. The molecule has 1 atom stereocenters. The molecule has 148 valence electrons. The van der Waals surface area contributed by atoms with Crippen LogP contribution in [0.5, 0.6) is 0 Å². The van der Waals surface area contributed by atoms with Crippen LogP contribution in [0.1, 0.15) is 34.5 Å². The summed E-state index contributed by atoms with van der Waals surface area (Å²) in [6.07, 6.45) is -6.29. The molecule has 0 amide bonds. The monoisotopic (exact) mass is 396 g/mol. The molecule has 3 aromatic carbocycles. The van der Waals surface area contributed by atoms with Gasteiger partial charge in [0.2, 0.25) is 0 Å². The van der Waals surface area contributed by atoms with E-state index in [1.807, 2.05) is 0 Å². The Balaban J connectivity index is 2.13. The van der Waals surface area contributed by atoms with Crippen LogP contribution in [-0.4, -0.2) is 12.1 Å². The summed E-state index contributed by atoms with van der Waals surface area (Å²) in [4.78, 5) is 12.6. The Kier molecular flexibility index (Phi) is 6.17. The van der Waals surface area contributed by atoms with E-state index >= 15 is 0 Å². The van der Waals surface area contributed by atoms with Gasteiger partial charge < -0.3 is 4.74 Å². The molecule has 0 aliphatic carbocycles. The highest BCUT2D eigenvalue weighted by Crippen LogP contribution is 2.42. The van der Waals surface area contributed by atoms with E-state index in [1.165, 1.54) is 31.2 Å². The molecular formula is C24H19F3O2. The van der Waals surface area contributed by atoms with Crippen LogP contribution in [0.2, 0.25) is 0 Å². The fourth-order valence-corrected chi connectivity index (χ4v) is 3.07. The van der Waals surface area contributed by atoms with E-state index < -0.39 is 23.8 Å². The number of allylic oxidation sites excluding steroid dienone is 1. The number of carbonyl (C=O) groups is 1. The second kappa shape index (κ2) is 8.78. The lowest BCUT2D eigenvalue weighted by atomic mass is 9.93. The van der Waals surface area contributed by atoms with Gasteiger partial charge in [0.05, 0.1) is 11.1 Å². The van der Waals surface area contributed by atoms with E-state index in [0.29, 0.717) is 5.56 Å². The predicted molar refractivity (Wildman–Crippen MR) is 106 cm³/mol. The van der Waals surface area contributed by atoms with Crippen LogP contribution in [0.3, 0.4) is 0 Å². The van der Waals surface area contributed by atoms with Gasteiger partial charge in [0.25, 0.3) is 0 Å². The highest BCUT2D eigenvalue weighted by Gasteiger charge is 2.43. The van der Waals surface area contributed by atoms with E-state index in [1.54, 1.807) is 66.7 Å². The molecule has 0 radical (unpaired) electrons. The maximum atomic E-state index is 14.2. The van der Waals surface area contributed by atoms with Crippen LogP contribution in [-0.2, 0) is 4.74 Å². The summed E-state index contributed by atoms with van der Waals surface area (Å²) in [5.74, 6) is -0.818. The highest BCUT2D eigenvalue weighted by molar-refractivity contribution is 5.89. The Hall–Kier alpha value is -3.34. The molecule has 0 aromatic heterocycles. The van der Waals surface area contributed by atoms with Crippen molar-refractivity contribution in [1.29, 1.82) is 0 Å². The minimum absolute atomic E-state index is 0.00724. The summed E-state index contributed by atoms with van der Waals surface area (Å²) in [6.45, 7) is 1.39. The fourth-order valence-electron chi connectivity index (χ4n) is 3.07. The largest absolute Gasteiger partial charge is 0.449 e. The standard InChI is InChI=1S/C24H19F3O2/c1-17(18-11-5-2-6-12-18)21(24(25,26)27)22(19-13-7-3-8-14-19)29-23(28)20-15-9-4-10-16-20/h2-16,22H,1H3/b21-17+. The number of carbonyl (C=O) groups excluding carboxylic acids is 1. The molecule has 0 N–H and O–H groups in total. The summed E-state index contributed by atoms with van der Waals surface area (Å²) < 4.78 is 48.0. The van der Waals surface area contributed by atoms with E-state index in [2.05, 4.69) is 0 Å². The van der Waals surface area contributed by atoms with Crippen LogP contribution < -0.4 is 0 Å². The molecule has 0 aliphatic heterocycles. The molecule has 1 unspecified atom stereocenters. The van der Waals surface area contributed by atoms with Crippen LogP contribution in [0.4, 0.5) is 13.2 Å². The summed E-state index contributed by atoms with van der Waals surface area (Å²) in [6, 6.07) is 24.2. The van der Waals surface area contributed by atoms with E-state index in [4.69, 9.17) is 4.74 Å². The molecular weight excluding hydrogens is 377 g/mol. The molecule has 0 fully saturated rings. The van der Waals surface area contributed by atoms with Crippen molar-refractivity contribution < 1.29 is 22.7 Å². The Labute approximate surface area is 167 Å². The van der Waals surface area contributed by atoms with Crippen molar-refractivity contribution in [3.05, 3.63) is 113 Å². The lowest BCUT2D eigenvalue weighted by molar-refractivity contribution is -0.106. The second-order valence-electron chi connectivity index (χ2n) is 6.46. The van der Waals surface area contributed by atoms with Gasteiger partial charge in [-0.25, -0.2) is 4.79 Å². The zero-order chi connectivity index (χ0) is 20.9. The molecule has 0 saturated heterocycles. The number of halogens is 3. The summed E-state index contributed by atoms with van der Waals surface area (Å²) >= 11 is 0. The Bertz CT molecular complexity index is 979. The van der Waals surface area contributed by atoms with Gasteiger partial charge in [-0.2, -0.15) is 13.2 Å². The zero-order valence-electron chi connectivity index (χ0n) is 15.7. The maximum absolute atomic E-state index is 14.2. The fraction of sp³-hybridized carbons (Fsp3) is 0.125. The lowest BCUT2D eigenvalue weighted by Gasteiger charge is -2.25. The molecule has 0 aliphatic rings. The molecule has 0 saturated carbocycles. The Morgan fingerprint density at radius 2 is 1.21 bits per heavy atom. The van der Waals surface area contributed by atoms with Crippen molar-refractivity contribution in [3.8, 4) is 0 Å². The first-order chi connectivity index (χ1) is 13.9. The quantitative estimate of drug-likeness (QED) is 0.453. The van der Waals surface area contributed by atoms with E-state index in [9.17, 15) is 18.0 Å². The molecule has 3 rings (SSSR count).